The largest absolute Gasteiger partial charge is 0.480 e. The summed E-state index contributed by atoms with van der Waals surface area (Å²) in [6.07, 6.45) is 1.00. The summed E-state index contributed by atoms with van der Waals surface area (Å²) in [5.74, 6) is -1.53. The number of aliphatic carboxylic acids is 1. The molecule has 6 heteroatoms. The van der Waals surface area contributed by atoms with Crippen LogP contribution in [0, 0.1) is 0 Å². The minimum absolute atomic E-state index is 0.0681. The van der Waals surface area contributed by atoms with Gasteiger partial charge < -0.3 is 15.7 Å². The predicted octanol–water partition coefficient (Wildman–Crippen LogP) is 1.49. The van der Waals surface area contributed by atoms with Crippen LogP contribution in [0.25, 0.3) is 0 Å². The van der Waals surface area contributed by atoms with Gasteiger partial charge in [0.05, 0.1) is 0 Å². The number of carboxylic acid groups (broad SMARTS) is 1. The van der Waals surface area contributed by atoms with Crippen molar-refractivity contribution in [1.82, 2.24) is 10.6 Å². The quantitative estimate of drug-likeness (QED) is 0.642. The van der Waals surface area contributed by atoms with Crippen LogP contribution >= 0.6 is 0 Å². The van der Waals surface area contributed by atoms with Crippen LogP contribution in [-0.4, -0.2) is 35.0 Å². The van der Waals surface area contributed by atoms with Gasteiger partial charge in [-0.2, -0.15) is 0 Å². The summed E-state index contributed by atoms with van der Waals surface area (Å²) in [6, 6.07) is 8.23. The number of hydrogen-bond donors (Lipinski definition) is 3. The third kappa shape index (κ3) is 7.99. The molecule has 0 saturated heterocycles. The molecule has 0 aromatic heterocycles. The first-order chi connectivity index (χ1) is 10.9. The summed E-state index contributed by atoms with van der Waals surface area (Å²) in [4.78, 5) is 34.6. The maximum atomic E-state index is 11.8. The van der Waals surface area contributed by atoms with Gasteiger partial charge in [-0.1, -0.05) is 30.3 Å². The molecule has 0 fully saturated rings. The monoisotopic (exact) mass is 320 g/mol. The summed E-state index contributed by atoms with van der Waals surface area (Å²) in [5, 5.41) is 14.5. The minimum atomic E-state index is -1.07. The Morgan fingerprint density at radius 2 is 1.57 bits per heavy atom. The lowest BCUT2D eigenvalue weighted by molar-refractivity contribution is -0.141. The van der Waals surface area contributed by atoms with Crippen molar-refractivity contribution in [3.05, 3.63) is 35.9 Å². The summed E-state index contributed by atoms with van der Waals surface area (Å²) in [6.45, 7) is 3.73. The number of rotatable bonds is 9. The normalized spacial score (nSPS) is 11.8. The molecule has 0 saturated carbocycles. The van der Waals surface area contributed by atoms with Crippen molar-refractivity contribution in [3.8, 4) is 0 Å². The summed E-state index contributed by atoms with van der Waals surface area (Å²) in [5.41, 5.74) is 0.844. The van der Waals surface area contributed by atoms with Crippen LogP contribution < -0.4 is 10.6 Å². The van der Waals surface area contributed by atoms with Gasteiger partial charge in [0.1, 0.15) is 6.04 Å². The zero-order valence-corrected chi connectivity index (χ0v) is 13.5. The average Bonchev–Trinajstić information content (AvgIpc) is 2.46. The van der Waals surface area contributed by atoms with Gasteiger partial charge >= 0.3 is 5.97 Å². The third-order valence-corrected chi connectivity index (χ3v) is 3.17. The van der Waals surface area contributed by atoms with Crippen LogP contribution in [0.4, 0.5) is 0 Å². The van der Waals surface area contributed by atoms with Crippen molar-refractivity contribution in [2.75, 3.05) is 0 Å². The molecule has 0 radical (unpaired) electrons. The fourth-order valence-corrected chi connectivity index (χ4v) is 2.12. The molecule has 0 aliphatic heterocycles. The highest BCUT2D eigenvalue weighted by atomic mass is 16.4. The molecule has 0 aliphatic carbocycles. The van der Waals surface area contributed by atoms with Crippen LogP contribution in [0.2, 0.25) is 0 Å². The van der Waals surface area contributed by atoms with E-state index in [0.29, 0.717) is 6.42 Å². The smallest absolute Gasteiger partial charge is 0.326 e. The molecule has 1 aromatic rings. The van der Waals surface area contributed by atoms with Crippen molar-refractivity contribution in [2.24, 2.45) is 0 Å². The average molecular weight is 320 g/mol. The van der Waals surface area contributed by atoms with Gasteiger partial charge in [-0.15, -0.1) is 0 Å². The highest BCUT2D eigenvalue weighted by molar-refractivity contribution is 5.84. The Labute approximate surface area is 136 Å². The number of hydrogen-bond acceptors (Lipinski definition) is 3. The van der Waals surface area contributed by atoms with Crippen molar-refractivity contribution < 1.29 is 19.5 Å². The lowest BCUT2D eigenvalue weighted by atomic mass is 10.1. The molecule has 0 bridgehead atoms. The highest BCUT2D eigenvalue weighted by Crippen LogP contribution is 2.04. The standard InChI is InChI=1S/C17H24N2O4/c1-12(2)18-15(20)9-6-10-16(21)19-14(17(22)23)11-13-7-4-3-5-8-13/h3-5,7-8,12,14H,6,9-11H2,1-2H3,(H,18,20)(H,19,21)(H,22,23)/t14-/m0/s1. The molecule has 23 heavy (non-hydrogen) atoms. The first-order valence-electron chi connectivity index (χ1n) is 7.74. The van der Waals surface area contributed by atoms with E-state index in [1.165, 1.54) is 0 Å². The van der Waals surface area contributed by atoms with Crippen molar-refractivity contribution in [2.45, 2.75) is 51.6 Å². The van der Waals surface area contributed by atoms with Gasteiger partial charge in [0.2, 0.25) is 11.8 Å². The molecule has 2 amide bonds. The zero-order chi connectivity index (χ0) is 17.2. The highest BCUT2D eigenvalue weighted by Gasteiger charge is 2.20. The molecular weight excluding hydrogens is 296 g/mol. The molecule has 3 N–H and O–H groups in total. The molecule has 6 nitrogen and oxygen atoms in total. The van der Waals surface area contributed by atoms with Gasteiger partial charge in [0.15, 0.2) is 0 Å². The zero-order valence-electron chi connectivity index (χ0n) is 13.5. The second kappa shape index (κ2) is 9.61. The number of amides is 2. The lowest BCUT2D eigenvalue weighted by Gasteiger charge is -2.14. The van der Waals surface area contributed by atoms with Crippen LogP contribution in [-0.2, 0) is 20.8 Å². The van der Waals surface area contributed by atoms with E-state index < -0.39 is 12.0 Å². The van der Waals surface area contributed by atoms with E-state index in [4.69, 9.17) is 0 Å². The van der Waals surface area contributed by atoms with Gasteiger partial charge in [-0.3, -0.25) is 9.59 Å². The van der Waals surface area contributed by atoms with Crippen LogP contribution in [0.1, 0.15) is 38.7 Å². The minimum Gasteiger partial charge on any atom is -0.480 e. The third-order valence-electron chi connectivity index (χ3n) is 3.17. The lowest BCUT2D eigenvalue weighted by Crippen LogP contribution is -2.42. The number of carbonyl (C=O) groups is 3. The number of carboxylic acids is 1. The van der Waals surface area contributed by atoms with Crippen molar-refractivity contribution in [3.63, 3.8) is 0 Å². The van der Waals surface area contributed by atoms with E-state index in [1.807, 2.05) is 44.2 Å². The van der Waals surface area contributed by atoms with Gasteiger partial charge in [0.25, 0.3) is 0 Å². The van der Waals surface area contributed by atoms with E-state index in [-0.39, 0.29) is 37.1 Å². The molecule has 1 aromatic carbocycles. The fraction of sp³-hybridized carbons (Fsp3) is 0.471. The molecule has 0 aliphatic rings. The SMILES string of the molecule is CC(C)NC(=O)CCCC(=O)N[C@@H](Cc1ccccc1)C(=O)O. The Balaban J connectivity index is 2.40. The number of nitrogens with one attached hydrogen (secondary N) is 2. The first-order valence-corrected chi connectivity index (χ1v) is 7.74. The Kier molecular flexibility index (Phi) is 7.80. The number of benzene rings is 1. The molecule has 1 atom stereocenters. The summed E-state index contributed by atoms with van der Waals surface area (Å²) >= 11 is 0. The molecule has 0 heterocycles. The van der Waals surface area contributed by atoms with Crippen molar-refractivity contribution >= 4 is 17.8 Å². The van der Waals surface area contributed by atoms with Crippen LogP contribution in [0.3, 0.4) is 0 Å². The molecule has 0 spiro atoms. The van der Waals surface area contributed by atoms with E-state index in [0.717, 1.165) is 5.56 Å². The molecular formula is C17H24N2O4. The van der Waals surface area contributed by atoms with Gasteiger partial charge in [-0.05, 0) is 25.8 Å². The Morgan fingerprint density at radius 3 is 2.09 bits per heavy atom. The van der Waals surface area contributed by atoms with E-state index in [1.54, 1.807) is 0 Å². The van der Waals surface area contributed by atoms with Crippen LogP contribution in [0.5, 0.6) is 0 Å². The summed E-state index contributed by atoms with van der Waals surface area (Å²) in [7, 11) is 0. The topological polar surface area (TPSA) is 95.5 Å². The molecule has 126 valence electrons. The first kappa shape index (κ1) is 18.7. The maximum Gasteiger partial charge on any atom is 0.326 e. The molecule has 0 unspecified atom stereocenters. The van der Waals surface area contributed by atoms with Gasteiger partial charge in [-0.25, -0.2) is 4.79 Å². The van der Waals surface area contributed by atoms with Crippen LogP contribution in [0.15, 0.2) is 30.3 Å². The second-order valence-corrected chi connectivity index (χ2v) is 5.72. The van der Waals surface area contributed by atoms with E-state index in [2.05, 4.69) is 10.6 Å². The Hall–Kier alpha value is -2.37. The maximum absolute atomic E-state index is 11.8. The second-order valence-electron chi connectivity index (χ2n) is 5.72. The van der Waals surface area contributed by atoms with Crippen molar-refractivity contribution in [1.29, 1.82) is 0 Å². The van der Waals surface area contributed by atoms with E-state index >= 15 is 0 Å². The van der Waals surface area contributed by atoms with Gasteiger partial charge in [0, 0.05) is 25.3 Å². The Morgan fingerprint density at radius 1 is 1.00 bits per heavy atom. The number of carbonyl (C=O) groups excluding carboxylic acids is 2. The molecule has 1 rings (SSSR count). The predicted molar refractivity (Wildman–Crippen MR) is 86.8 cm³/mol. The summed E-state index contributed by atoms with van der Waals surface area (Å²) < 4.78 is 0. The van der Waals surface area contributed by atoms with E-state index in [9.17, 15) is 19.5 Å². The Bertz CT molecular complexity index is 529. The fourth-order valence-electron chi connectivity index (χ4n) is 2.12.